The number of hydrogen-bond acceptors (Lipinski definition) is 7. The monoisotopic (exact) mass is 481 g/mol. The predicted molar refractivity (Wildman–Crippen MR) is 97.3 cm³/mol. The van der Waals surface area contributed by atoms with Gasteiger partial charge in [-0.05, 0) is 17.5 Å². The zero-order valence-electron chi connectivity index (χ0n) is 15.4. The van der Waals surface area contributed by atoms with Crippen molar-refractivity contribution < 1.29 is 46.3 Å². The van der Waals surface area contributed by atoms with Gasteiger partial charge in [-0.25, -0.2) is 4.79 Å². The van der Waals surface area contributed by atoms with Crippen LogP contribution in [0.5, 0.6) is 5.75 Å². The van der Waals surface area contributed by atoms with Crippen molar-refractivity contribution in [3.8, 4) is 5.75 Å². The average molecular weight is 481 g/mol. The average Bonchev–Trinajstić information content (AvgIpc) is 3.20. The number of nitro benzene ring substituents is 1. The fourth-order valence-electron chi connectivity index (χ4n) is 3.27. The van der Waals surface area contributed by atoms with Crippen molar-refractivity contribution in [2.45, 2.75) is 24.6 Å². The van der Waals surface area contributed by atoms with Gasteiger partial charge >= 0.3 is 18.8 Å². The Morgan fingerprint density at radius 2 is 2.00 bits per heavy atom. The molecule has 0 spiro atoms. The van der Waals surface area contributed by atoms with Crippen molar-refractivity contribution in [1.82, 2.24) is 10.6 Å². The first-order chi connectivity index (χ1) is 14.8. The normalized spacial score (nSPS) is 23.4. The standard InChI is InChI=1S/C17H12F5N3O6S/c18-14(19)31-9-4-3-7(25(29)30)6-8(9)12-11(13(26)10-2-1-5-32-10)16(28,17(20,21)22)24-15(27)23-12/h1-6,11-12,14,28H,(H2,23,24,27)/t11-,12-,16-/m1/s1. The van der Waals surface area contributed by atoms with Gasteiger partial charge in [-0.2, -0.15) is 22.0 Å². The van der Waals surface area contributed by atoms with Crippen LogP contribution in [0.2, 0.25) is 0 Å². The van der Waals surface area contributed by atoms with Gasteiger partial charge in [0.05, 0.1) is 15.8 Å². The van der Waals surface area contributed by atoms with Gasteiger partial charge in [-0.3, -0.25) is 14.9 Å². The highest BCUT2D eigenvalue weighted by Crippen LogP contribution is 2.46. The number of aliphatic hydroxyl groups is 1. The van der Waals surface area contributed by atoms with Crippen LogP contribution in [0.4, 0.5) is 32.4 Å². The quantitative estimate of drug-likeness (QED) is 0.251. The van der Waals surface area contributed by atoms with Gasteiger partial charge in [0.2, 0.25) is 5.72 Å². The van der Waals surface area contributed by atoms with E-state index in [0.717, 1.165) is 23.5 Å². The van der Waals surface area contributed by atoms with Gasteiger partial charge in [0.25, 0.3) is 5.69 Å². The lowest BCUT2D eigenvalue weighted by Crippen LogP contribution is -2.72. The van der Waals surface area contributed by atoms with E-state index >= 15 is 0 Å². The molecule has 1 aromatic heterocycles. The molecule has 3 N–H and O–H groups in total. The molecule has 2 aromatic rings. The summed E-state index contributed by atoms with van der Waals surface area (Å²) >= 11 is 0.729. The number of urea groups is 1. The third-order valence-corrected chi connectivity index (χ3v) is 5.49. The van der Waals surface area contributed by atoms with E-state index in [9.17, 15) is 46.8 Å². The maximum Gasteiger partial charge on any atom is 0.437 e. The maximum absolute atomic E-state index is 13.9. The highest BCUT2D eigenvalue weighted by atomic mass is 32.1. The van der Waals surface area contributed by atoms with Gasteiger partial charge in [0.15, 0.2) is 5.78 Å². The van der Waals surface area contributed by atoms with Crippen LogP contribution in [-0.4, -0.2) is 40.4 Å². The number of ketones is 1. The lowest BCUT2D eigenvalue weighted by Gasteiger charge is -2.45. The Balaban J connectivity index is 2.26. The highest BCUT2D eigenvalue weighted by Gasteiger charge is 2.66. The van der Waals surface area contributed by atoms with E-state index in [0.29, 0.717) is 12.1 Å². The number of carbonyl (C=O) groups is 2. The van der Waals surface area contributed by atoms with Crippen molar-refractivity contribution in [1.29, 1.82) is 0 Å². The number of benzene rings is 1. The number of Topliss-reactive ketones (excluding diaryl/α,β-unsaturated/α-hetero) is 1. The highest BCUT2D eigenvalue weighted by molar-refractivity contribution is 7.12. The van der Waals surface area contributed by atoms with E-state index in [-0.39, 0.29) is 4.88 Å². The lowest BCUT2D eigenvalue weighted by atomic mass is 9.78. The molecule has 0 saturated carbocycles. The number of nitrogens with one attached hydrogen (secondary N) is 2. The molecule has 1 aliphatic heterocycles. The minimum Gasteiger partial charge on any atom is -0.434 e. The van der Waals surface area contributed by atoms with Crippen LogP contribution in [0.1, 0.15) is 21.3 Å². The van der Waals surface area contributed by atoms with Crippen molar-refractivity contribution in [3.63, 3.8) is 0 Å². The molecule has 1 fully saturated rings. The number of amides is 2. The second-order valence-electron chi connectivity index (χ2n) is 6.52. The third-order valence-electron chi connectivity index (χ3n) is 4.61. The Labute approximate surface area is 178 Å². The van der Waals surface area contributed by atoms with Crippen LogP contribution in [-0.2, 0) is 0 Å². The van der Waals surface area contributed by atoms with E-state index in [1.165, 1.54) is 16.8 Å². The number of non-ortho nitro benzene ring substituents is 1. The second-order valence-corrected chi connectivity index (χ2v) is 7.46. The molecule has 15 heteroatoms. The van der Waals surface area contributed by atoms with Crippen molar-refractivity contribution in [2.24, 2.45) is 5.92 Å². The number of halogens is 5. The summed E-state index contributed by atoms with van der Waals surface area (Å²) in [7, 11) is 0. The molecule has 2 amide bonds. The molecule has 1 aliphatic rings. The summed E-state index contributed by atoms with van der Waals surface area (Å²) in [4.78, 5) is 34.9. The van der Waals surface area contributed by atoms with Gasteiger partial charge < -0.3 is 20.5 Å². The van der Waals surface area contributed by atoms with Crippen LogP contribution in [0, 0.1) is 16.0 Å². The van der Waals surface area contributed by atoms with E-state index in [1.54, 1.807) is 0 Å². The Morgan fingerprint density at radius 1 is 1.31 bits per heavy atom. The molecule has 2 heterocycles. The summed E-state index contributed by atoms with van der Waals surface area (Å²) in [6.45, 7) is -3.49. The summed E-state index contributed by atoms with van der Waals surface area (Å²) in [6.07, 6.45) is -5.59. The van der Waals surface area contributed by atoms with Crippen LogP contribution >= 0.6 is 11.3 Å². The summed E-state index contributed by atoms with van der Waals surface area (Å²) < 4.78 is 71.6. The number of rotatable bonds is 6. The molecule has 0 aliphatic carbocycles. The van der Waals surface area contributed by atoms with Gasteiger partial charge in [-0.15, -0.1) is 11.3 Å². The summed E-state index contributed by atoms with van der Waals surface area (Å²) in [5.74, 6) is -4.68. The number of nitrogens with zero attached hydrogens (tertiary/aromatic N) is 1. The zero-order chi connectivity index (χ0) is 23.8. The maximum atomic E-state index is 13.9. The lowest BCUT2D eigenvalue weighted by molar-refractivity contribution is -0.385. The van der Waals surface area contributed by atoms with E-state index in [1.807, 2.05) is 5.32 Å². The van der Waals surface area contributed by atoms with Gasteiger partial charge in [0, 0.05) is 17.7 Å². The largest absolute Gasteiger partial charge is 0.437 e. The summed E-state index contributed by atoms with van der Waals surface area (Å²) in [5, 5.41) is 26.2. The molecule has 3 rings (SSSR count). The molecule has 172 valence electrons. The number of carbonyl (C=O) groups excluding carboxylic acids is 2. The Hall–Kier alpha value is -3.33. The Bertz CT molecular complexity index is 1050. The van der Waals surface area contributed by atoms with Crippen LogP contribution in [0.25, 0.3) is 0 Å². The number of ether oxygens (including phenoxy) is 1. The van der Waals surface area contributed by atoms with Crippen molar-refractivity contribution in [2.75, 3.05) is 0 Å². The number of alkyl halides is 5. The smallest absolute Gasteiger partial charge is 0.434 e. The SMILES string of the molecule is O=C1N[C@H](c2cc([N+](=O)[O-])ccc2OC(F)F)[C@H](C(=O)c2cccs2)[C@@](O)(C(F)(F)F)N1. The molecule has 3 atom stereocenters. The minimum absolute atomic E-state index is 0.248. The van der Waals surface area contributed by atoms with Crippen LogP contribution in [0.3, 0.4) is 0 Å². The first kappa shape index (κ1) is 23.3. The van der Waals surface area contributed by atoms with E-state index in [2.05, 4.69) is 4.74 Å². The fraction of sp³-hybridized carbons (Fsp3) is 0.294. The predicted octanol–water partition coefficient (Wildman–Crippen LogP) is 3.36. The van der Waals surface area contributed by atoms with E-state index < -0.39 is 64.2 Å². The third kappa shape index (κ3) is 4.20. The van der Waals surface area contributed by atoms with Crippen LogP contribution < -0.4 is 15.4 Å². The fourth-order valence-corrected chi connectivity index (χ4v) is 3.97. The van der Waals surface area contributed by atoms with Gasteiger partial charge in [0.1, 0.15) is 11.7 Å². The van der Waals surface area contributed by atoms with Crippen molar-refractivity contribution >= 4 is 28.8 Å². The molecule has 0 radical (unpaired) electrons. The number of thiophene rings is 1. The molecule has 9 nitrogen and oxygen atoms in total. The molecule has 1 saturated heterocycles. The zero-order valence-corrected chi connectivity index (χ0v) is 16.2. The summed E-state index contributed by atoms with van der Waals surface area (Å²) in [6, 6.07) is 0.787. The first-order valence-corrected chi connectivity index (χ1v) is 9.41. The summed E-state index contributed by atoms with van der Waals surface area (Å²) in [5.41, 5.74) is -5.60. The molecule has 1 aromatic carbocycles. The molecular formula is C17H12F5N3O6S. The Morgan fingerprint density at radius 3 is 2.53 bits per heavy atom. The Kier molecular flexibility index (Phi) is 6.06. The van der Waals surface area contributed by atoms with Crippen LogP contribution in [0.15, 0.2) is 35.7 Å². The molecule has 0 bridgehead atoms. The first-order valence-electron chi connectivity index (χ1n) is 8.54. The van der Waals surface area contributed by atoms with Crippen molar-refractivity contribution in [3.05, 3.63) is 56.3 Å². The second kappa shape index (κ2) is 8.31. The topological polar surface area (TPSA) is 131 Å². The van der Waals surface area contributed by atoms with Gasteiger partial charge in [-0.1, -0.05) is 6.07 Å². The molecule has 0 unspecified atom stereocenters. The number of nitro groups is 1. The molecular weight excluding hydrogens is 469 g/mol. The minimum atomic E-state index is -5.59. The number of hydrogen-bond donors (Lipinski definition) is 3. The van der Waals surface area contributed by atoms with E-state index in [4.69, 9.17) is 0 Å². The molecule has 32 heavy (non-hydrogen) atoms.